The number of hydrogen-bond acceptors (Lipinski definition) is 4. The van der Waals surface area contributed by atoms with Crippen LogP contribution in [0.15, 0.2) is 24.5 Å². The summed E-state index contributed by atoms with van der Waals surface area (Å²) in [5.74, 6) is 0.739. The molecule has 0 aliphatic carbocycles. The lowest BCUT2D eigenvalue weighted by Gasteiger charge is -2.37. The number of urea groups is 1. The molecule has 2 aliphatic heterocycles. The molecule has 1 N–H and O–H groups in total. The molecular formula is C19H31N5O. The third-order valence-corrected chi connectivity index (χ3v) is 5.43. The van der Waals surface area contributed by atoms with Crippen molar-refractivity contribution in [3.63, 3.8) is 0 Å². The van der Waals surface area contributed by atoms with E-state index < -0.39 is 0 Å². The van der Waals surface area contributed by atoms with Crippen molar-refractivity contribution >= 4 is 6.03 Å². The van der Waals surface area contributed by atoms with Gasteiger partial charge in [-0.25, -0.2) is 4.79 Å². The molecule has 2 fully saturated rings. The van der Waals surface area contributed by atoms with Gasteiger partial charge < -0.3 is 20.0 Å². The third kappa shape index (κ3) is 5.68. The molecule has 6 nitrogen and oxygen atoms in total. The van der Waals surface area contributed by atoms with Crippen LogP contribution in [0.1, 0.15) is 18.4 Å². The van der Waals surface area contributed by atoms with Gasteiger partial charge in [0, 0.05) is 64.8 Å². The van der Waals surface area contributed by atoms with Gasteiger partial charge >= 0.3 is 6.03 Å². The van der Waals surface area contributed by atoms with Crippen LogP contribution in [0, 0.1) is 5.92 Å². The molecule has 0 aromatic carbocycles. The molecule has 2 aliphatic rings. The number of carbonyl (C=O) groups excluding carboxylic acids is 1. The van der Waals surface area contributed by atoms with Crippen LogP contribution in [0.4, 0.5) is 4.79 Å². The number of nitrogens with zero attached hydrogens (tertiary/aromatic N) is 4. The molecule has 2 amide bonds. The van der Waals surface area contributed by atoms with Crippen LogP contribution in [0.3, 0.4) is 0 Å². The van der Waals surface area contributed by atoms with Crippen molar-refractivity contribution in [2.24, 2.45) is 5.92 Å². The first-order chi connectivity index (χ1) is 12.2. The lowest BCUT2D eigenvalue weighted by atomic mass is 9.96. The van der Waals surface area contributed by atoms with Gasteiger partial charge in [0.05, 0.1) is 0 Å². The second-order valence-corrected chi connectivity index (χ2v) is 7.38. The van der Waals surface area contributed by atoms with Crippen molar-refractivity contribution in [3.8, 4) is 0 Å². The number of hydrogen-bond donors (Lipinski definition) is 1. The summed E-state index contributed by atoms with van der Waals surface area (Å²) in [7, 11) is 2.20. The minimum absolute atomic E-state index is 0.0851. The van der Waals surface area contributed by atoms with Crippen LogP contribution in [0.25, 0.3) is 0 Å². The maximum atomic E-state index is 12.3. The first kappa shape index (κ1) is 18.1. The fourth-order valence-corrected chi connectivity index (χ4v) is 3.69. The number of carbonyl (C=O) groups is 1. The fraction of sp³-hybridized carbons (Fsp3) is 0.684. The summed E-state index contributed by atoms with van der Waals surface area (Å²) in [6, 6.07) is 4.06. The second-order valence-electron chi connectivity index (χ2n) is 7.38. The van der Waals surface area contributed by atoms with Crippen LogP contribution in [0.5, 0.6) is 0 Å². The summed E-state index contributed by atoms with van der Waals surface area (Å²) in [6.45, 7) is 8.37. The van der Waals surface area contributed by atoms with E-state index in [9.17, 15) is 4.79 Å². The van der Waals surface area contributed by atoms with E-state index in [2.05, 4.69) is 27.1 Å². The normalized spacial score (nSPS) is 20.6. The summed E-state index contributed by atoms with van der Waals surface area (Å²) in [4.78, 5) is 23.4. The fourth-order valence-electron chi connectivity index (χ4n) is 3.69. The topological polar surface area (TPSA) is 51.7 Å². The summed E-state index contributed by atoms with van der Waals surface area (Å²) in [5.41, 5.74) is 1.16. The Morgan fingerprint density at radius 2 is 1.96 bits per heavy atom. The first-order valence-corrected chi connectivity index (χ1v) is 9.53. The van der Waals surface area contributed by atoms with E-state index in [1.165, 1.54) is 32.7 Å². The molecule has 25 heavy (non-hydrogen) atoms. The highest BCUT2D eigenvalue weighted by Crippen LogP contribution is 2.19. The molecule has 0 atom stereocenters. The molecule has 0 radical (unpaired) electrons. The number of pyridine rings is 1. The zero-order valence-corrected chi connectivity index (χ0v) is 15.4. The quantitative estimate of drug-likeness (QED) is 0.874. The molecule has 3 heterocycles. The Bertz CT molecular complexity index is 522. The second kappa shape index (κ2) is 9.15. The monoisotopic (exact) mass is 345 g/mol. The Kier molecular flexibility index (Phi) is 6.64. The van der Waals surface area contributed by atoms with Crippen molar-refractivity contribution in [2.45, 2.75) is 19.3 Å². The van der Waals surface area contributed by atoms with Crippen LogP contribution < -0.4 is 5.32 Å². The van der Waals surface area contributed by atoms with Gasteiger partial charge in [0.15, 0.2) is 0 Å². The van der Waals surface area contributed by atoms with Crippen LogP contribution in [-0.4, -0.2) is 85.1 Å². The van der Waals surface area contributed by atoms with Crippen LogP contribution in [0.2, 0.25) is 0 Å². The van der Waals surface area contributed by atoms with E-state index in [1.807, 2.05) is 23.2 Å². The highest BCUT2D eigenvalue weighted by molar-refractivity contribution is 5.74. The average Bonchev–Trinajstić information content (AvgIpc) is 2.65. The summed E-state index contributed by atoms with van der Waals surface area (Å²) < 4.78 is 0. The van der Waals surface area contributed by atoms with Gasteiger partial charge in [0.2, 0.25) is 0 Å². The maximum Gasteiger partial charge on any atom is 0.317 e. The molecule has 2 saturated heterocycles. The Labute approximate surface area is 151 Å². The van der Waals surface area contributed by atoms with Gasteiger partial charge in [-0.1, -0.05) is 6.07 Å². The van der Waals surface area contributed by atoms with Gasteiger partial charge in [0.25, 0.3) is 0 Å². The van der Waals surface area contributed by atoms with E-state index in [0.717, 1.165) is 43.8 Å². The largest absolute Gasteiger partial charge is 0.338 e. The first-order valence-electron chi connectivity index (χ1n) is 9.53. The third-order valence-electron chi connectivity index (χ3n) is 5.43. The van der Waals surface area contributed by atoms with Gasteiger partial charge in [-0.15, -0.1) is 0 Å². The number of piperidine rings is 1. The number of aromatic nitrogens is 1. The van der Waals surface area contributed by atoms with Crippen molar-refractivity contribution in [1.29, 1.82) is 0 Å². The highest BCUT2D eigenvalue weighted by Gasteiger charge is 2.25. The van der Waals surface area contributed by atoms with E-state index in [0.29, 0.717) is 6.54 Å². The molecular weight excluding hydrogens is 314 g/mol. The summed E-state index contributed by atoms with van der Waals surface area (Å²) >= 11 is 0. The predicted molar refractivity (Wildman–Crippen MR) is 99.6 cm³/mol. The number of likely N-dealkylation sites (N-methyl/N-ethyl adjacent to an activating group) is 1. The highest BCUT2D eigenvalue weighted by atomic mass is 16.2. The molecule has 1 aromatic rings. The molecule has 1 aromatic heterocycles. The Hall–Kier alpha value is -1.66. The van der Waals surface area contributed by atoms with Gasteiger partial charge in [-0.3, -0.25) is 4.98 Å². The number of nitrogens with one attached hydrogen (secondary N) is 1. The van der Waals surface area contributed by atoms with E-state index in [1.54, 1.807) is 6.20 Å². The molecule has 0 spiro atoms. The standard InChI is InChI=1S/C19H31N5O/c1-22-11-13-23(14-12-22)16-18-5-9-24(10-6-18)19(25)21-8-4-17-3-2-7-20-15-17/h2-3,7,15,18H,4-6,8-14,16H2,1H3,(H,21,25). The number of piperazine rings is 1. The van der Waals surface area contributed by atoms with Crippen molar-refractivity contribution < 1.29 is 4.79 Å². The lowest BCUT2D eigenvalue weighted by molar-refractivity contribution is 0.111. The Morgan fingerprint density at radius 3 is 2.64 bits per heavy atom. The minimum atomic E-state index is 0.0851. The van der Waals surface area contributed by atoms with E-state index in [-0.39, 0.29) is 6.03 Å². The molecule has 0 unspecified atom stereocenters. The summed E-state index contributed by atoms with van der Waals surface area (Å²) in [6.07, 6.45) is 6.72. The SMILES string of the molecule is CN1CCN(CC2CCN(C(=O)NCCc3cccnc3)CC2)CC1. The average molecular weight is 345 g/mol. The minimum Gasteiger partial charge on any atom is -0.338 e. The van der Waals surface area contributed by atoms with Gasteiger partial charge in [-0.05, 0) is 43.9 Å². The van der Waals surface area contributed by atoms with Crippen molar-refractivity contribution in [1.82, 2.24) is 25.0 Å². The van der Waals surface area contributed by atoms with Crippen LogP contribution in [-0.2, 0) is 6.42 Å². The number of likely N-dealkylation sites (tertiary alicyclic amines) is 1. The zero-order chi connectivity index (χ0) is 17.5. The van der Waals surface area contributed by atoms with Crippen molar-refractivity contribution in [2.75, 3.05) is 59.4 Å². The van der Waals surface area contributed by atoms with Gasteiger partial charge in [-0.2, -0.15) is 0 Å². The lowest BCUT2D eigenvalue weighted by Crippen LogP contribution is -2.49. The van der Waals surface area contributed by atoms with Gasteiger partial charge in [0.1, 0.15) is 0 Å². The molecule has 6 heteroatoms. The number of amides is 2. The molecule has 3 rings (SSSR count). The molecule has 0 bridgehead atoms. The van der Waals surface area contributed by atoms with Crippen LogP contribution >= 0.6 is 0 Å². The predicted octanol–water partition coefficient (Wildman–Crippen LogP) is 1.29. The zero-order valence-electron chi connectivity index (χ0n) is 15.4. The Balaban J connectivity index is 1.32. The summed E-state index contributed by atoms with van der Waals surface area (Å²) in [5, 5.41) is 3.05. The van der Waals surface area contributed by atoms with Crippen molar-refractivity contribution in [3.05, 3.63) is 30.1 Å². The molecule has 138 valence electrons. The smallest absolute Gasteiger partial charge is 0.317 e. The Morgan fingerprint density at radius 1 is 1.20 bits per heavy atom. The van der Waals surface area contributed by atoms with E-state index in [4.69, 9.17) is 0 Å². The van der Waals surface area contributed by atoms with E-state index >= 15 is 0 Å². The molecule has 0 saturated carbocycles. The maximum absolute atomic E-state index is 12.3. The number of rotatable bonds is 5.